The zero-order valence-electron chi connectivity index (χ0n) is 23.0. The van der Waals surface area contributed by atoms with Crippen molar-refractivity contribution in [2.45, 2.75) is 95.3 Å². The van der Waals surface area contributed by atoms with Gasteiger partial charge in [0.05, 0.1) is 5.56 Å². The summed E-state index contributed by atoms with van der Waals surface area (Å²) in [6.45, 7) is 6.04. The Labute approximate surface area is 225 Å². The number of hydrogen-bond donors (Lipinski definition) is 1. The van der Waals surface area contributed by atoms with Crippen molar-refractivity contribution in [3.05, 3.63) is 63.6 Å². The Morgan fingerprint density at radius 3 is 2.71 bits per heavy atom. The Bertz CT molecular complexity index is 1350. The van der Waals surface area contributed by atoms with Gasteiger partial charge in [-0.15, -0.1) is 0 Å². The van der Waals surface area contributed by atoms with E-state index in [1.807, 2.05) is 24.9 Å². The summed E-state index contributed by atoms with van der Waals surface area (Å²) in [7, 11) is 1.98. The number of amides is 1. The number of aryl methyl sites for hydroxylation is 1. The smallest absolute Gasteiger partial charge is 0.255 e. The van der Waals surface area contributed by atoms with Crippen LogP contribution in [0.15, 0.2) is 41.3 Å². The van der Waals surface area contributed by atoms with Crippen LogP contribution in [0.5, 0.6) is 5.75 Å². The van der Waals surface area contributed by atoms with Crippen LogP contribution in [-0.2, 0) is 18.4 Å². The first-order valence-electron chi connectivity index (χ1n) is 14.9. The molecule has 38 heavy (non-hydrogen) atoms. The van der Waals surface area contributed by atoms with E-state index in [0.29, 0.717) is 35.7 Å². The standard InChI is InChI=1S/C32H41N3O3/c1-4-34-19-22(9-11-28(34)37)30(38)33(3)26-12-13-31-18-20(2)29(26)32(31)14-15-35(23-6-5-7-23)27(31)16-21-8-10-24(36)17-25(21)32/h8-11,17,19-20,23,26-27,29,36H,4-7,12-16,18H2,1-3H3. The van der Waals surface area contributed by atoms with Gasteiger partial charge in [0.2, 0.25) is 0 Å². The fraction of sp³-hybridized carbons (Fsp3) is 0.625. The van der Waals surface area contributed by atoms with Crippen molar-refractivity contribution in [3.8, 4) is 5.75 Å². The molecular formula is C32H41N3O3. The number of aromatic hydroxyl groups is 1. The third-order valence-corrected chi connectivity index (χ3v) is 11.8. The maximum Gasteiger partial charge on any atom is 0.255 e. The molecule has 1 amide bonds. The van der Waals surface area contributed by atoms with Gasteiger partial charge in [0.25, 0.3) is 11.5 Å². The molecule has 4 fully saturated rings. The fourth-order valence-corrected chi connectivity index (χ4v) is 10.2. The average molecular weight is 516 g/mol. The summed E-state index contributed by atoms with van der Waals surface area (Å²) in [6, 6.07) is 10.8. The van der Waals surface area contributed by atoms with Crippen molar-refractivity contribution >= 4 is 5.91 Å². The first kappa shape index (κ1) is 24.4. The molecule has 0 spiro atoms. The first-order chi connectivity index (χ1) is 18.3. The van der Waals surface area contributed by atoms with Gasteiger partial charge in [0.1, 0.15) is 5.75 Å². The van der Waals surface area contributed by atoms with Crippen LogP contribution < -0.4 is 5.56 Å². The first-order valence-corrected chi connectivity index (χ1v) is 14.9. The normalized spacial score (nSPS) is 35.8. The van der Waals surface area contributed by atoms with Crippen LogP contribution in [-0.4, -0.2) is 57.1 Å². The van der Waals surface area contributed by atoms with Crippen molar-refractivity contribution in [1.82, 2.24) is 14.4 Å². The van der Waals surface area contributed by atoms with E-state index in [1.165, 1.54) is 42.9 Å². The highest BCUT2D eigenvalue weighted by Gasteiger charge is 2.74. The second kappa shape index (κ2) is 8.45. The topological polar surface area (TPSA) is 65.8 Å². The second-order valence-corrected chi connectivity index (χ2v) is 13.0. The third kappa shape index (κ3) is 3.04. The van der Waals surface area contributed by atoms with Gasteiger partial charge in [-0.2, -0.15) is 0 Å². The number of pyridine rings is 1. The van der Waals surface area contributed by atoms with Crippen LogP contribution in [0, 0.1) is 17.3 Å². The molecule has 4 bridgehead atoms. The Hall–Kier alpha value is -2.60. The number of phenols is 1. The lowest BCUT2D eigenvalue weighted by molar-refractivity contribution is -0.124. The minimum atomic E-state index is -0.0691. The van der Waals surface area contributed by atoms with Crippen LogP contribution in [0.2, 0.25) is 0 Å². The summed E-state index contributed by atoms with van der Waals surface area (Å²) in [5, 5.41) is 10.7. The Morgan fingerprint density at radius 2 is 1.97 bits per heavy atom. The summed E-state index contributed by atoms with van der Waals surface area (Å²) in [5.74, 6) is 1.23. The lowest BCUT2D eigenvalue weighted by Crippen LogP contribution is -2.71. The number of phenolic OH excluding ortho intramolecular Hbond substituents is 1. The quantitative estimate of drug-likeness (QED) is 0.648. The van der Waals surface area contributed by atoms with Gasteiger partial charge in [-0.05, 0) is 105 Å². The maximum absolute atomic E-state index is 13.9. The number of fused-ring (bicyclic) bond motifs is 1. The molecule has 1 aliphatic heterocycles. The van der Waals surface area contributed by atoms with E-state index in [2.05, 4.69) is 24.0 Å². The van der Waals surface area contributed by atoms with E-state index < -0.39 is 0 Å². The lowest BCUT2D eigenvalue weighted by Gasteiger charge is -2.68. The van der Waals surface area contributed by atoms with E-state index in [4.69, 9.17) is 0 Å². The number of hydrogen-bond acceptors (Lipinski definition) is 4. The number of rotatable bonds is 4. The Balaban J connectivity index is 1.32. The summed E-state index contributed by atoms with van der Waals surface area (Å²) < 4.78 is 1.62. The summed E-state index contributed by atoms with van der Waals surface area (Å²) >= 11 is 0. The summed E-state index contributed by atoms with van der Waals surface area (Å²) in [6.07, 6.45) is 11.3. The van der Waals surface area contributed by atoms with Crippen molar-refractivity contribution in [2.24, 2.45) is 17.3 Å². The summed E-state index contributed by atoms with van der Waals surface area (Å²) in [5.41, 5.74) is 3.51. The predicted octanol–water partition coefficient (Wildman–Crippen LogP) is 4.57. The van der Waals surface area contributed by atoms with E-state index in [-0.39, 0.29) is 28.3 Å². The fourth-order valence-electron chi connectivity index (χ4n) is 10.2. The van der Waals surface area contributed by atoms with Crippen LogP contribution in [0.1, 0.15) is 80.3 Å². The van der Waals surface area contributed by atoms with Crippen molar-refractivity contribution in [3.63, 3.8) is 0 Å². The molecule has 7 rings (SSSR count). The largest absolute Gasteiger partial charge is 0.508 e. The highest BCUT2D eigenvalue weighted by atomic mass is 16.3. The zero-order chi connectivity index (χ0) is 26.4. The molecule has 0 radical (unpaired) electrons. The van der Waals surface area contributed by atoms with E-state index >= 15 is 0 Å². The summed E-state index contributed by atoms with van der Waals surface area (Å²) in [4.78, 5) is 31.0. The number of likely N-dealkylation sites (tertiary alicyclic amines) is 1. The molecule has 1 saturated heterocycles. The number of aromatic nitrogens is 1. The monoisotopic (exact) mass is 515 g/mol. The van der Waals surface area contributed by atoms with E-state index in [1.54, 1.807) is 16.8 Å². The Morgan fingerprint density at radius 1 is 1.16 bits per heavy atom. The van der Waals surface area contributed by atoms with Crippen LogP contribution in [0.4, 0.5) is 0 Å². The molecule has 2 aromatic rings. The highest BCUT2D eigenvalue weighted by molar-refractivity contribution is 5.94. The second-order valence-electron chi connectivity index (χ2n) is 13.0. The molecule has 5 aliphatic rings. The number of carbonyl (C=O) groups is 1. The molecule has 4 aliphatic carbocycles. The minimum absolute atomic E-state index is 0.00981. The predicted molar refractivity (Wildman–Crippen MR) is 147 cm³/mol. The van der Waals surface area contributed by atoms with Crippen LogP contribution in [0.3, 0.4) is 0 Å². The molecule has 1 aromatic heterocycles. The van der Waals surface area contributed by atoms with E-state index in [0.717, 1.165) is 38.3 Å². The number of piperidine rings is 1. The van der Waals surface area contributed by atoms with E-state index in [9.17, 15) is 14.7 Å². The van der Waals surface area contributed by atoms with Crippen molar-refractivity contribution < 1.29 is 9.90 Å². The molecule has 6 unspecified atom stereocenters. The SMILES string of the molecule is CCn1cc(C(=O)N(C)C2CCC34CC(C)C2C32CCN(C3CCC3)C4Cc3ccc(O)cc32)ccc1=O. The van der Waals surface area contributed by atoms with Gasteiger partial charge in [0, 0.05) is 49.4 Å². The molecule has 6 heteroatoms. The minimum Gasteiger partial charge on any atom is -0.508 e. The highest BCUT2D eigenvalue weighted by Crippen LogP contribution is 2.74. The van der Waals surface area contributed by atoms with Crippen LogP contribution in [0.25, 0.3) is 0 Å². The molecule has 1 N–H and O–H groups in total. The zero-order valence-corrected chi connectivity index (χ0v) is 23.0. The molecule has 6 atom stereocenters. The molecule has 3 saturated carbocycles. The van der Waals surface area contributed by atoms with Gasteiger partial charge in [-0.1, -0.05) is 19.4 Å². The maximum atomic E-state index is 13.9. The van der Waals surface area contributed by atoms with Gasteiger partial charge in [-0.3, -0.25) is 14.5 Å². The number of carbonyl (C=O) groups excluding carboxylic acids is 1. The van der Waals surface area contributed by atoms with Gasteiger partial charge in [0.15, 0.2) is 0 Å². The molecule has 1 aromatic carbocycles. The third-order valence-electron chi connectivity index (χ3n) is 11.8. The number of benzene rings is 1. The van der Waals surface area contributed by atoms with Crippen LogP contribution >= 0.6 is 0 Å². The average Bonchev–Trinajstić information content (AvgIpc) is 3.05. The van der Waals surface area contributed by atoms with Gasteiger partial charge in [-0.25, -0.2) is 0 Å². The van der Waals surface area contributed by atoms with Crippen molar-refractivity contribution in [2.75, 3.05) is 13.6 Å². The number of nitrogens with zero attached hydrogens (tertiary/aromatic N) is 3. The van der Waals surface area contributed by atoms with Gasteiger partial charge < -0.3 is 14.6 Å². The van der Waals surface area contributed by atoms with Crippen molar-refractivity contribution in [1.29, 1.82) is 0 Å². The molecule has 2 heterocycles. The van der Waals surface area contributed by atoms with Gasteiger partial charge >= 0.3 is 0 Å². The molecule has 202 valence electrons. The molecular weight excluding hydrogens is 474 g/mol. The lowest BCUT2D eigenvalue weighted by atomic mass is 9.43. The Kier molecular flexibility index (Phi) is 5.43. The molecule has 6 nitrogen and oxygen atoms in total.